The van der Waals surface area contributed by atoms with Crippen LogP contribution in [0.2, 0.25) is 0 Å². The number of hydrogen-bond acceptors (Lipinski definition) is 6. The molecule has 0 amide bonds. The Morgan fingerprint density at radius 3 is 2.92 bits per heavy atom. The molecule has 0 aliphatic heterocycles. The minimum atomic E-state index is -1.00. The van der Waals surface area contributed by atoms with Crippen LogP contribution in [0.25, 0.3) is 11.1 Å². The average Bonchev–Trinajstić information content (AvgIpc) is 2.94. The average molecular weight is 337 g/mol. The maximum Gasteiger partial charge on any atom is 0.265 e. The maximum atomic E-state index is 12.7. The second-order valence-corrected chi connectivity index (χ2v) is 5.72. The molecule has 0 spiro atoms. The largest absolute Gasteiger partial charge is 0.442 e. The lowest BCUT2D eigenvalue weighted by atomic mass is 10.1. The van der Waals surface area contributed by atoms with Gasteiger partial charge in [-0.05, 0) is 31.5 Å². The number of carbonyl (C=O) groups excluding carboxylic acids is 1. The normalized spacial score (nSPS) is 12.1. The first-order valence-corrected chi connectivity index (χ1v) is 7.60. The van der Waals surface area contributed by atoms with E-state index in [-0.39, 0.29) is 29.0 Å². The number of aliphatic hydroxyl groups excluding tert-OH is 1. The van der Waals surface area contributed by atoms with E-state index in [2.05, 4.69) is 4.98 Å². The number of furan rings is 1. The van der Waals surface area contributed by atoms with Crippen molar-refractivity contribution in [2.24, 2.45) is 0 Å². The molecule has 0 fully saturated rings. The molecule has 3 aromatic rings. The zero-order valence-electron chi connectivity index (χ0n) is 13.7. The number of ketones is 1. The molecular formula is C18H15N3O4. The number of aliphatic hydroxyl groups is 1. The van der Waals surface area contributed by atoms with E-state index in [9.17, 15) is 14.7 Å². The number of Topliss-reactive ketones (excluding diaryl/α,β-unsaturated/α-hetero) is 1. The van der Waals surface area contributed by atoms with E-state index in [1.165, 1.54) is 17.8 Å². The molecule has 1 aromatic carbocycles. The van der Waals surface area contributed by atoms with Crippen LogP contribution in [0.4, 0.5) is 0 Å². The van der Waals surface area contributed by atoms with Gasteiger partial charge in [0, 0.05) is 0 Å². The van der Waals surface area contributed by atoms with Crippen LogP contribution in [0.5, 0.6) is 0 Å². The number of fused-ring (bicyclic) bond motifs is 1. The molecular weight excluding hydrogens is 322 g/mol. The fourth-order valence-corrected chi connectivity index (χ4v) is 2.80. The number of rotatable bonds is 4. The van der Waals surface area contributed by atoms with Gasteiger partial charge >= 0.3 is 0 Å². The first-order chi connectivity index (χ1) is 11.9. The van der Waals surface area contributed by atoms with Crippen LogP contribution in [0.3, 0.4) is 0 Å². The van der Waals surface area contributed by atoms with Gasteiger partial charge in [-0.3, -0.25) is 14.2 Å². The van der Waals surface area contributed by atoms with Crippen molar-refractivity contribution in [2.45, 2.75) is 26.5 Å². The number of aromatic nitrogens is 2. The van der Waals surface area contributed by atoms with Crippen LogP contribution >= 0.6 is 0 Å². The highest BCUT2D eigenvalue weighted by molar-refractivity contribution is 6.06. The highest BCUT2D eigenvalue weighted by Crippen LogP contribution is 2.22. The third kappa shape index (κ3) is 2.95. The molecule has 7 nitrogen and oxygen atoms in total. The smallest absolute Gasteiger partial charge is 0.265 e. The van der Waals surface area contributed by atoms with Crippen LogP contribution in [-0.4, -0.2) is 20.4 Å². The number of carbonyl (C=O) groups is 1. The van der Waals surface area contributed by atoms with E-state index >= 15 is 0 Å². The van der Waals surface area contributed by atoms with E-state index < -0.39 is 11.7 Å². The van der Waals surface area contributed by atoms with Gasteiger partial charge in [0.25, 0.3) is 5.56 Å². The Hall–Kier alpha value is -3.24. The molecule has 0 saturated heterocycles. The Balaban J connectivity index is 2.03. The van der Waals surface area contributed by atoms with E-state index in [4.69, 9.17) is 9.68 Å². The molecule has 25 heavy (non-hydrogen) atoms. The van der Waals surface area contributed by atoms with Gasteiger partial charge in [0.05, 0.1) is 29.8 Å². The van der Waals surface area contributed by atoms with Crippen LogP contribution in [0.15, 0.2) is 39.8 Å². The van der Waals surface area contributed by atoms with Crippen LogP contribution in [-0.2, 0) is 6.54 Å². The summed E-state index contributed by atoms with van der Waals surface area (Å²) in [6.45, 7) is 2.90. The quantitative estimate of drug-likeness (QED) is 0.730. The standard InChI is InChI=1S/C18H15N3O4/c1-10(22)15-11(2)25-17-16(15)18(24)21(9-20-17)8-14(23)13-5-3-4-12(6-13)7-19/h3-6,9,14,23H,8H2,1-2H3. The summed E-state index contributed by atoms with van der Waals surface area (Å²) in [4.78, 5) is 28.6. The molecule has 0 radical (unpaired) electrons. The molecule has 0 bridgehead atoms. The summed E-state index contributed by atoms with van der Waals surface area (Å²) < 4.78 is 6.60. The summed E-state index contributed by atoms with van der Waals surface area (Å²) in [6, 6.07) is 8.52. The molecule has 1 N–H and O–H groups in total. The van der Waals surface area contributed by atoms with Gasteiger partial charge in [0.1, 0.15) is 17.5 Å². The Morgan fingerprint density at radius 1 is 1.48 bits per heavy atom. The van der Waals surface area contributed by atoms with Crippen LogP contribution in [0, 0.1) is 18.3 Å². The lowest BCUT2D eigenvalue weighted by Crippen LogP contribution is -2.24. The highest BCUT2D eigenvalue weighted by Gasteiger charge is 2.21. The van der Waals surface area contributed by atoms with Gasteiger partial charge in [0.2, 0.25) is 5.71 Å². The van der Waals surface area contributed by atoms with Gasteiger partial charge in [-0.15, -0.1) is 0 Å². The lowest BCUT2D eigenvalue weighted by Gasteiger charge is -2.13. The van der Waals surface area contributed by atoms with Crippen molar-refractivity contribution in [3.05, 3.63) is 63.4 Å². The summed E-state index contributed by atoms with van der Waals surface area (Å²) in [5.41, 5.74) is 0.790. The van der Waals surface area contributed by atoms with Crippen molar-refractivity contribution in [2.75, 3.05) is 0 Å². The molecule has 7 heteroatoms. The topological polar surface area (TPSA) is 109 Å². The predicted molar refractivity (Wildman–Crippen MR) is 89.1 cm³/mol. The fourth-order valence-electron chi connectivity index (χ4n) is 2.80. The number of aryl methyl sites for hydroxylation is 1. The Bertz CT molecular complexity index is 1070. The van der Waals surface area contributed by atoms with Gasteiger partial charge in [-0.25, -0.2) is 4.98 Å². The third-order valence-electron chi connectivity index (χ3n) is 3.98. The second-order valence-electron chi connectivity index (χ2n) is 5.72. The van der Waals surface area contributed by atoms with Gasteiger partial charge in [-0.2, -0.15) is 5.26 Å². The van der Waals surface area contributed by atoms with Crippen molar-refractivity contribution in [3.8, 4) is 6.07 Å². The first-order valence-electron chi connectivity index (χ1n) is 7.60. The molecule has 1 unspecified atom stereocenters. The predicted octanol–water partition coefficient (Wildman–Crippen LogP) is 2.11. The summed E-state index contributed by atoms with van der Waals surface area (Å²) in [7, 11) is 0. The Morgan fingerprint density at radius 2 is 2.24 bits per heavy atom. The van der Waals surface area contributed by atoms with Crippen molar-refractivity contribution in [1.82, 2.24) is 9.55 Å². The molecule has 0 aliphatic carbocycles. The maximum absolute atomic E-state index is 12.7. The Labute approximate surface area is 142 Å². The van der Waals surface area contributed by atoms with Crippen LogP contribution in [0.1, 0.15) is 40.3 Å². The molecule has 3 rings (SSSR count). The third-order valence-corrected chi connectivity index (χ3v) is 3.98. The number of hydrogen-bond donors (Lipinski definition) is 1. The van der Waals surface area contributed by atoms with Gasteiger partial charge in [0.15, 0.2) is 5.78 Å². The van der Waals surface area contributed by atoms with Crippen molar-refractivity contribution in [1.29, 1.82) is 5.26 Å². The zero-order valence-corrected chi connectivity index (χ0v) is 13.7. The summed E-state index contributed by atoms with van der Waals surface area (Å²) in [5.74, 6) is 0.0577. The molecule has 2 aromatic heterocycles. The monoisotopic (exact) mass is 337 g/mol. The fraction of sp³-hybridized carbons (Fsp3) is 0.222. The lowest BCUT2D eigenvalue weighted by molar-refractivity contribution is 0.101. The second kappa shape index (κ2) is 6.34. The minimum Gasteiger partial charge on any atom is -0.442 e. The molecule has 0 aliphatic rings. The van der Waals surface area contributed by atoms with E-state index in [1.807, 2.05) is 6.07 Å². The molecule has 1 atom stereocenters. The summed E-state index contributed by atoms with van der Waals surface area (Å²) >= 11 is 0. The van der Waals surface area contributed by atoms with E-state index in [0.29, 0.717) is 16.9 Å². The Kier molecular flexibility index (Phi) is 4.21. The van der Waals surface area contributed by atoms with Gasteiger partial charge < -0.3 is 9.52 Å². The van der Waals surface area contributed by atoms with Crippen LogP contribution < -0.4 is 5.56 Å². The van der Waals surface area contributed by atoms with Crippen molar-refractivity contribution < 1.29 is 14.3 Å². The summed E-state index contributed by atoms with van der Waals surface area (Å²) in [6.07, 6.45) is 0.272. The van der Waals surface area contributed by atoms with E-state index in [1.54, 1.807) is 31.2 Å². The molecule has 2 heterocycles. The van der Waals surface area contributed by atoms with Crippen molar-refractivity contribution >= 4 is 16.9 Å². The minimum absolute atomic E-state index is 0.0573. The SMILES string of the molecule is CC(=O)c1c(C)oc2ncn(CC(O)c3cccc(C#N)c3)c(=O)c12. The summed E-state index contributed by atoms with van der Waals surface area (Å²) in [5, 5.41) is 19.4. The van der Waals surface area contributed by atoms with Gasteiger partial charge in [-0.1, -0.05) is 12.1 Å². The highest BCUT2D eigenvalue weighted by atomic mass is 16.3. The van der Waals surface area contributed by atoms with E-state index in [0.717, 1.165) is 0 Å². The van der Waals surface area contributed by atoms with Crippen molar-refractivity contribution in [3.63, 3.8) is 0 Å². The first kappa shape index (κ1) is 16.6. The molecule has 126 valence electrons. The molecule has 0 saturated carbocycles. The number of benzene rings is 1. The number of nitriles is 1. The zero-order chi connectivity index (χ0) is 18.1. The number of nitrogens with zero attached hydrogens (tertiary/aromatic N) is 3.